The Labute approximate surface area is 59.4 Å². The molecule has 0 unspecified atom stereocenters. The van der Waals surface area contributed by atoms with Gasteiger partial charge < -0.3 is 26.6 Å². The number of carboxylic acids is 2. The van der Waals surface area contributed by atoms with E-state index < -0.39 is 11.9 Å². The monoisotopic (exact) mass is 155 g/mol. The van der Waals surface area contributed by atoms with Gasteiger partial charge in [-0.05, 0) is 0 Å². The molecule has 0 aromatic rings. The van der Waals surface area contributed by atoms with Crippen LogP contribution in [0.25, 0.3) is 0 Å². The molecular weight excluding hydrogens is 145 g/mol. The molecule has 0 bridgehead atoms. The normalized spacial score (nSPS) is 4.40. The third-order valence-electron chi connectivity index (χ3n) is 0.183. The number of carbonyl (C=O) groups is 2. The van der Waals surface area contributed by atoms with Crippen LogP contribution in [0.2, 0.25) is 0 Å². The van der Waals surface area contributed by atoms with Gasteiger partial charge in [0.05, 0.1) is 0 Å². The van der Waals surface area contributed by atoms with Gasteiger partial charge in [0, 0.05) is 0 Å². The summed E-state index contributed by atoms with van der Waals surface area (Å²) in [5.41, 5.74) is 0. The summed E-state index contributed by atoms with van der Waals surface area (Å²) in [4.78, 5) is 18.2. The summed E-state index contributed by atoms with van der Waals surface area (Å²) >= 11 is 0. The molecule has 0 atom stereocenters. The van der Waals surface area contributed by atoms with Crippen molar-refractivity contribution < 1.29 is 36.2 Å². The zero-order chi connectivity index (χ0) is 5.15. The van der Waals surface area contributed by atoms with Crippen molar-refractivity contribution in [1.29, 1.82) is 0 Å². The third kappa shape index (κ3) is 28.1. The fourth-order valence-corrected chi connectivity index (χ4v) is 0. The predicted molar refractivity (Wildman–Crippen MR) is 34.7 cm³/mol. The van der Waals surface area contributed by atoms with E-state index >= 15 is 0 Å². The third-order valence-corrected chi connectivity index (χ3v) is 0.183. The number of hydrogen-bond acceptors (Lipinski definition) is 2. The van der Waals surface area contributed by atoms with E-state index in [9.17, 15) is 0 Å². The standard InChI is InChI=1S/C2H2O4.Be.3H2O.2H/c3-1(4)2(5)6;;;;;;/h(H,3,4)(H,5,6);;3*1H2;;. The van der Waals surface area contributed by atoms with E-state index in [1.807, 2.05) is 0 Å². The van der Waals surface area contributed by atoms with E-state index in [0.29, 0.717) is 0 Å². The summed E-state index contributed by atoms with van der Waals surface area (Å²) in [6.07, 6.45) is 0. The van der Waals surface area contributed by atoms with Crippen LogP contribution in [0.1, 0.15) is 0 Å². The second-order valence-corrected chi connectivity index (χ2v) is 0.610. The van der Waals surface area contributed by atoms with E-state index in [4.69, 9.17) is 19.8 Å². The zero-order valence-corrected chi connectivity index (χ0v) is 4.21. The van der Waals surface area contributed by atoms with Crippen LogP contribution in [0.3, 0.4) is 0 Å². The molecule has 0 amide bonds. The van der Waals surface area contributed by atoms with Crippen LogP contribution < -0.4 is 0 Å². The molecule has 0 aliphatic heterocycles. The SMILES string of the molecule is O.O.O.O=C(O)C(=O)O.[BeH2]. The summed E-state index contributed by atoms with van der Waals surface area (Å²) in [7, 11) is 0. The molecule has 8 N–H and O–H groups in total. The molecule has 0 aromatic carbocycles. The first-order valence-electron chi connectivity index (χ1n) is 1.11. The maximum atomic E-state index is 9.10. The van der Waals surface area contributed by atoms with Gasteiger partial charge in [0.15, 0.2) is 0 Å². The molecule has 0 fully saturated rings. The van der Waals surface area contributed by atoms with Gasteiger partial charge in [-0.1, -0.05) is 0 Å². The zero-order valence-electron chi connectivity index (χ0n) is 4.21. The van der Waals surface area contributed by atoms with Crippen LogP contribution in [0, 0.1) is 0 Å². The van der Waals surface area contributed by atoms with Gasteiger partial charge in [-0.15, -0.1) is 0 Å². The van der Waals surface area contributed by atoms with Gasteiger partial charge in [0.2, 0.25) is 0 Å². The Morgan fingerprint density at radius 3 is 0.900 bits per heavy atom. The molecule has 0 radical (unpaired) electrons. The van der Waals surface area contributed by atoms with E-state index in [1.165, 1.54) is 0 Å². The Morgan fingerprint density at radius 1 is 0.800 bits per heavy atom. The van der Waals surface area contributed by atoms with Crippen LogP contribution in [0.4, 0.5) is 0 Å². The summed E-state index contributed by atoms with van der Waals surface area (Å²) in [6, 6.07) is 0. The predicted octanol–water partition coefficient (Wildman–Crippen LogP) is -4.23. The molecule has 0 aliphatic rings. The first-order chi connectivity index (χ1) is 2.64. The number of carboxylic acid groups (broad SMARTS) is 2. The van der Waals surface area contributed by atoms with E-state index in [-0.39, 0.29) is 26.5 Å². The first-order valence-corrected chi connectivity index (χ1v) is 1.11. The Hall–Kier alpha value is -1.01. The maximum absolute atomic E-state index is 9.10. The van der Waals surface area contributed by atoms with Crippen molar-refractivity contribution in [3.63, 3.8) is 0 Å². The molecule has 0 aliphatic carbocycles. The number of rotatable bonds is 0. The van der Waals surface area contributed by atoms with Crippen molar-refractivity contribution in [3.8, 4) is 0 Å². The fraction of sp³-hybridized carbons (Fsp3) is 0. The van der Waals surface area contributed by atoms with Crippen LogP contribution >= 0.6 is 0 Å². The van der Waals surface area contributed by atoms with Crippen LogP contribution in [-0.4, -0.2) is 48.7 Å². The van der Waals surface area contributed by atoms with Crippen molar-refractivity contribution in [2.75, 3.05) is 0 Å². The molecular formula is C2H10BeO7. The second-order valence-electron chi connectivity index (χ2n) is 0.610. The summed E-state index contributed by atoms with van der Waals surface area (Å²) in [5, 5.41) is 14.8. The quantitative estimate of drug-likeness (QED) is 0.267. The van der Waals surface area contributed by atoms with E-state index in [1.54, 1.807) is 0 Å². The Bertz CT molecular complexity index is 77.6. The van der Waals surface area contributed by atoms with Gasteiger partial charge in [0.25, 0.3) is 0 Å². The van der Waals surface area contributed by atoms with Crippen molar-refractivity contribution in [1.82, 2.24) is 0 Å². The van der Waals surface area contributed by atoms with E-state index in [2.05, 4.69) is 0 Å². The van der Waals surface area contributed by atoms with Crippen LogP contribution in [-0.2, 0) is 9.59 Å². The molecule has 0 spiro atoms. The molecule has 0 saturated carbocycles. The number of hydrogen-bond donors (Lipinski definition) is 2. The van der Waals surface area contributed by atoms with Crippen molar-refractivity contribution >= 4 is 22.1 Å². The Kier molecular flexibility index (Phi) is 56.5. The average molecular weight is 155 g/mol. The summed E-state index contributed by atoms with van der Waals surface area (Å²) < 4.78 is 0. The molecule has 8 heteroatoms. The molecule has 0 saturated heterocycles. The van der Waals surface area contributed by atoms with Crippen molar-refractivity contribution in [2.45, 2.75) is 0 Å². The molecule has 7 nitrogen and oxygen atoms in total. The topological polar surface area (TPSA) is 169 Å². The van der Waals surface area contributed by atoms with Gasteiger partial charge in [-0.2, -0.15) is 0 Å². The van der Waals surface area contributed by atoms with E-state index in [0.717, 1.165) is 0 Å². The molecule has 0 rings (SSSR count). The second kappa shape index (κ2) is 15.7. The molecule has 0 heterocycles. The van der Waals surface area contributed by atoms with Crippen molar-refractivity contribution in [3.05, 3.63) is 0 Å². The molecule has 0 aromatic heterocycles. The van der Waals surface area contributed by atoms with Gasteiger partial charge in [-0.25, -0.2) is 9.59 Å². The average Bonchev–Trinajstić information content (AvgIpc) is 1.36. The van der Waals surface area contributed by atoms with Gasteiger partial charge in [0.1, 0.15) is 0 Å². The summed E-state index contributed by atoms with van der Waals surface area (Å²) in [6.45, 7) is 0. The first kappa shape index (κ1) is 36.1. The Balaban J connectivity index is -0.0000000208. The van der Waals surface area contributed by atoms with Gasteiger partial charge >= 0.3 is 22.1 Å². The van der Waals surface area contributed by atoms with Crippen LogP contribution in [0.15, 0.2) is 0 Å². The van der Waals surface area contributed by atoms with Crippen LogP contribution in [0.5, 0.6) is 0 Å². The van der Waals surface area contributed by atoms with Gasteiger partial charge in [-0.3, -0.25) is 0 Å². The Morgan fingerprint density at radius 2 is 0.900 bits per heavy atom. The fourth-order valence-electron chi connectivity index (χ4n) is 0. The molecule has 10 heavy (non-hydrogen) atoms. The number of aliphatic carboxylic acids is 2. The summed E-state index contributed by atoms with van der Waals surface area (Å²) in [5.74, 6) is -3.65. The molecule has 62 valence electrons. The minimum atomic E-state index is -1.82. The minimum absolute atomic E-state index is 0. The van der Waals surface area contributed by atoms with Crippen molar-refractivity contribution in [2.24, 2.45) is 0 Å².